The summed E-state index contributed by atoms with van der Waals surface area (Å²) in [5.74, 6) is 0.0570. The number of hydrogen-bond acceptors (Lipinski definition) is 3. The molecule has 1 fully saturated rings. The first kappa shape index (κ1) is 12.4. The lowest BCUT2D eigenvalue weighted by Crippen LogP contribution is -2.26. The molecule has 1 aliphatic rings. The molecule has 0 spiro atoms. The van der Waals surface area contributed by atoms with Crippen LogP contribution in [0.2, 0.25) is 0 Å². The minimum atomic E-state index is -0.233. The lowest BCUT2D eigenvalue weighted by Gasteiger charge is -2.23. The summed E-state index contributed by atoms with van der Waals surface area (Å²) in [7, 11) is 0. The maximum atomic E-state index is 10.7. The van der Waals surface area contributed by atoms with Gasteiger partial charge in [-0.2, -0.15) is 0 Å². The second kappa shape index (κ2) is 4.45. The van der Waals surface area contributed by atoms with Crippen LogP contribution in [0.3, 0.4) is 0 Å². The summed E-state index contributed by atoms with van der Waals surface area (Å²) < 4.78 is 5.71. The summed E-state index contributed by atoms with van der Waals surface area (Å²) in [5.41, 5.74) is -0.359. The molecular weight excluding hydrogens is 192 g/mol. The number of aliphatic hydroxyl groups is 1. The van der Waals surface area contributed by atoms with Crippen LogP contribution in [0.5, 0.6) is 0 Å². The Balaban J connectivity index is 2.52. The maximum Gasteiger partial charge on any atom is 0.152 e. The number of carbonyl (C=O) groups is 1. The summed E-state index contributed by atoms with van der Waals surface area (Å²) in [6, 6.07) is 0. The van der Waals surface area contributed by atoms with Gasteiger partial charge in [-0.05, 0) is 32.8 Å². The predicted octanol–water partition coefficient (Wildman–Crippen LogP) is 1.70. The molecule has 0 aromatic carbocycles. The highest BCUT2D eigenvalue weighted by Crippen LogP contribution is 2.40. The molecule has 1 saturated heterocycles. The second-order valence-electron chi connectivity index (χ2n) is 5.10. The van der Waals surface area contributed by atoms with Crippen molar-refractivity contribution in [1.29, 1.82) is 0 Å². The van der Waals surface area contributed by atoms with Gasteiger partial charge in [0.25, 0.3) is 0 Å². The van der Waals surface area contributed by atoms with Gasteiger partial charge in [0.15, 0.2) is 5.78 Å². The summed E-state index contributed by atoms with van der Waals surface area (Å²) in [5, 5.41) is 9.22. The fourth-order valence-electron chi connectivity index (χ4n) is 2.06. The van der Waals surface area contributed by atoms with Crippen molar-refractivity contribution in [2.75, 3.05) is 13.2 Å². The number of ketones is 1. The lowest BCUT2D eigenvalue weighted by molar-refractivity contribution is -0.112. The number of allylic oxidation sites excluding steroid dienone is 1. The van der Waals surface area contributed by atoms with Crippen LogP contribution >= 0.6 is 0 Å². The lowest BCUT2D eigenvalue weighted by atomic mass is 9.82. The van der Waals surface area contributed by atoms with E-state index in [9.17, 15) is 9.90 Å². The number of hydrogen-bond donors (Lipinski definition) is 1. The first-order valence-electron chi connectivity index (χ1n) is 5.31. The molecule has 1 heterocycles. The predicted molar refractivity (Wildman–Crippen MR) is 58.6 cm³/mol. The van der Waals surface area contributed by atoms with E-state index in [1.54, 1.807) is 6.08 Å². The van der Waals surface area contributed by atoms with Crippen molar-refractivity contribution in [2.45, 2.75) is 39.2 Å². The molecule has 0 saturated carbocycles. The van der Waals surface area contributed by atoms with Crippen LogP contribution in [0, 0.1) is 5.41 Å². The standard InChI is InChI=1S/C12H20O3/c1-10(14)5-4-6-12(3)7-11(2,8-13)9-15-12/h4-5,13H,6-9H2,1-3H3/b5-4+. The largest absolute Gasteiger partial charge is 0.396 e. The summed E-state index contributed by atoms with van der Waals surface area (Å²) >= 11 is 0. The van der Waals surface area contributed by atoms with Crippen molar-refractivity contribution in [1.82, 2.24) is 0 Å². The van der Waals surface area contributed by atoms with Crippen molar-refractivity contribution < 1.29 is 14.6 Å². The van der Waals surface area contributed by atoms with Gasteiger partial charge < -0.3 is 9.84 Å². The van der Waals surface area contributed by atoms with Gasteiger partial charge in [-0.1, -0.05) is 13.0 Å². The summed E-state index contributed by atoms with van der Waals surface area (Å²) in [6.45, 7) is 6.32. The van der Waals surface area contributed by atoms with Crippen molar-refractivity contribution >= 4 is 5.78 Å². The Labute approximate surface area is 91.1 Å². The molecular formula is C12H20O3. The van der Waals surface area contributed by atoms with Crippen molar-refractivity contribution in [3.63, 3.8) is 0 Å². The molecule has 15 heavy (non-hydrogen) atoms. The van der Waals surface area contributed by atoms with Gasteiger partial charge in [-0.25, -0.2) is 0 Å². The molecule has 3 nitrogen and oxygen atoms in total. The van der Waals surface area contributed by atoms with E-state index in [0.29, 0.717) is 6.61 Å². The van der Waals surface area contributed by atoms with Gasteiger partial charge in [-0.15, -0.1) is 0 Å². The fraction of sp³-hybridized carbons (Fsp3) is 0.750. The van der Waals surface area contributed by atoms with Gasteiger partial charge in [0.1, 0.15) is 0 Å². The SMILES string of the molecule is CC(=O)/C=C/CC1(C)CC(C)(CO)CO1. The van der Waals surface area contributed by atoms with Crippen LogP contribution in [0.1, 0.15) is 33.6 Å². The average molecular weight is 212 g/mol. The van der Waals surface area contributed by atoms with Crippen LogP contribution in [0.15, 0.2) is 12.2 Å². The molecule has 1 rings (SSSR count). The zero-order chi connectivity index (χ0) is 11.5. The Hall–Kier alpha value is -0.670. The molecule has 86 valence electrons. The van der Waals surface area contributed by atoms with E-state index in [2.05, 4.69) is 0 Å². The quantitative estimate of drug-likeness (QED) is 0.721. The van der Waals surface area contributed by atoms with E-state index in [0.717, 1.165) is 12.8 Å². The van der Waals surface area contributed by atoms with E-state index < -0.39 is 0 Å². The van der Waals surface area contributed by atoms with E-state index in [1.165, 1.54) is 6.92 Å². The van der Waals surface area contributed by atoms with Crippen molar-refractivity contribution in [3.8, 4) is 0 Å². The molecule has 0 radical (unpaired) electrons. The second-order valence-corrected chi connectivity index (χ2v) is 5.10. The number of aliphatic hydroxyl groups excluding tert-OH is 1. The van der Waals surface area contributed by atoms with E-state index in [4.69, 9.17) is 4.74 Å². The van der Waals surface area contributed by atoms with Gasteiger partial charge >= 0.3 is 0 Å². The molecule has 3 heteroatoms. The summed E-state index contributed by atoms with van der Waals surface area (Å²) in [6.07, 6.45) is 4.98. The van der Waals surface area contributed by atoms with Crippen LogP contribution in [-0.2, 0) is 9.53 Å². The Bertz CT molecular complexity index is 272. The minimum Gasteiger partial charge on any atom is -0.396 e. The number of carbonyl (C=O) groups excluding carboxylic acids is 1. The molecule has 1 aliphatic heterocycles. The Morgan fingerprint density at radius 2 is 2.20 bits per heavy atom. The van der Waals surface area contributed by atoms with Crippen LogP contribution in [0.25, 0.3) is 0 Å². The average Bonchev–Trinajstić information content (AvgIpc) is 2.43. The third kappa shape index (κ3) is 3.43. The zero-order valence-corrected chi connectivity index (χ0v) is 9.75. The van der Waals surface area contributed by atoms with Gasteiger partial charge in [-0.3, -0.25) is 4.79 Å². The smallest absolute Gasteiger partial charge is 0.152 e. The number of rotatable bonds is 4. The normalized spacial score (nSPS) is 36.3. The van der Waals surface area contributed by atoms with E-state index in [1.807, 2.05) is 19.9 Å². The molecule has 0 aliphatic carbocycles. The Morgan fingerprint density at radius 1 is 1.53 bits per heavy atom. The van der Waals surface area contributed by atoms with Crippen molar-refractivity contribution in [2.24, 2.45) is 5.41 Å². The molecule has 2 unspecified atom stereocenters. The molecule has 1 N–H and O–H groups in total. The first-order valence-corrected chi connectivity index (χ1v) is 5.31. The highest BCUT2D eigenvalue weighted by Gasteiger charge is 2.42. The van der Waals surface area contributed by atoms with Crippen LogP contribution < -0.4 is 0 Å². The Kier molecular flexibility index (Phi) is 3.68. The zero-order valence-electron chi connectivity index (χ0n) is 9.75. The van der Waals surface area contributed by atoms with Gasteiger partial charge in [0, 0.05) is 5.41 Å². The van der Waals surface area contributed by atoms with E-state index in [-0.39, 0.29) is 23.4 Å². The van der Waals surface area contributed by atoms with Crippen LogP contribution in [0.4, 0.5) is 0 Å². The minimum absolute atomic E-state index is 0.0570. The molecule has 0 bridgehead atoms. The third-order valence-electron chi connectivity index (χ3n) is 2.85. The van der Waals surface area contributed by atoms with Crippen molar-refractivity contribution in [3.05, 3.63) is 12.2 Å². The monoisotopic (exact) mass is 212 g/mol. The molecule has 2 atom stereocenters. The number of ether oxygens (including phenoxy) is 1. The maximum absolute atomic E-state index is 10.7. The third-order valence-corrected chi connectivity index (χ3v) is 2.85. The first-order chi connectivity index (χ1) is 6.89. The molecule has 0 aromatic rings. The molecule has 0 amide bonds. The fourth-order valence-corrected chi connectivity index (χ4v) is 2.06. The van der Waals surface area contributed by atoms with Gasteiger partial charge in [0.05, 0.1) is 18.8 Å². The molecule has 0 aromatic heterocycles. The topological polar surface area (TPSA) is 46.5 Å². The van der Waals surface area contributed by atoms with Gasteiger partial charge in [0.2, 0.25) is 0 Å². The highest BCUT2D eigenvalue weighted by molar-refractivity contribution is 5.87. The highest BCUT2D eigenvalue weighted by atomic mass is 16.5. The van der Waals surface area contributed by atoms with Crippen LogP contribution in [-0.4, -0.2) is 29.7 Å². The summed E-state index contributed by atoms with van der Waals surface area (Å²) in [4.78, 5) is 10.7. The Morgan fingerprint density at radius 3 is 2.67 bits per heavy atom. The van der Waals surface area contributed by atoms with E-state index >= 15 is 0 Å².